The smallest absolute Gasteiger partial charge is 0.258 e. The van der Waals surface area contributed by atoms with E-state index in [0.717, 1.165) is 31.4 Å². The van der Waals surface area contributed by atoms with Gasteiger partial charge in [-0.3, -0.25) is 14.4 Å². The van der Waals surface area contributed by atoms with Crippen LogP contribution in [0.5, 0.6) is 0 Å². The SMILES string of the molecule is CCCCN1C[C@H](C(=O)Nc2ccc(C(=O)N(CCCC)c3ccccc3)cc2)CC1=O. The number of carbonyl (C=O) groups excluding carboxylic acids is 3. The number of rotatable bonds is 10. The van der Waals surface area contributed by atoms with Gasteiger partial charge in [0.2, 0.25) is 11.8 Å². The summed E-state index contributed by atoms with van der Waals surface area (Å²) in [5.74, 6) is -0.489. The van der Waals surface area contributed by atoms with Crippen LogP contribution in [0.4, 0.5) is 11.4 Å². The second-order valence-corrected chi connectivity index (χ2v) is 8.31. The number of benzene rings is 2. The van der Waals surface area contributed by atoms with E-state index in [1.165, 1.54) is 0 Å². The molecule has 1 atom stereocenters. The van der Waals surface area contributed by atoms with Gasteiger partial charge in [0.15, 0.2) is 0 Å². The second-order valence-electron chi connectivity index (χ2n) is 8.31. The third-order valence-electron chi connectivity index (χ3n) is 5.81. The molecule has 170 valence electrons. The topological polar surface area (TPSA) is 69.7 Å². The molecule has 2 aromatic rings. The highest BCUT2D eigenvalue weighted by molar-refractivity contribution is 6.06. The van der Waals surface area contributed by atoms with Crippen LogP contribution in [0.2, 0.25) is 0 Å². The van der Waals surface area contributed by atoms with Gasteiger partial charge in [-0.25, -0.2) is 0 Å². The van der Waals surface area contributed by atoms with Gasteiger partial charge in [0.05, 0.1) is 5.92 Å². The molecule has 0 saturated carbocycles. The molecule has 0 unspecified atom stereocenters. The summed E-state index contributed by atoms with van der Waals surface area (Å²) in [5.41, 5.74) is 2.08. The van der Waals surface area contributed by atoms with Gasteiger partial charge in [-0.1, -0.05) is 44.9 Å². The van der Waals surface area contributed by atoms with Crippen molar-refractivity contribution >= 4 is 29.1 Å². The average molecular weight is 436 g/mol. The number of nitrogens with one attached hydrogen (secondary N) is 1. The molecule has 6 heteroatoms. The molecule has 1 heterocycles. The lowest BCUT2D eigenvalue weighted by Gasteiger charge is -2.23. The van der Waals surface area contributed by atoms with Gasteiger partial charge in [-0.15, -0.1) is 0 Å². The van der Waals surface area contributed by atoms with Crippen LogP contribution in [0.25, 0.3) is 0 Å². The number of hydrogen-bond donors (Lipinski definition) is 1. The molecule has 0 radical (unpaired) electrons. The van der Waals surface area contributed by atoms with Crippen LogP contribution in [-0.2, 0) is 9.59 Å². The normalized spacial score (nSPS) is 15.6. The molecule has 3 amide bonds. The highest BCUT2D eigenvalue weighted by Gasteiger charge is 2.33. The number of hydrogen-bond acceptors (Lipinski definition) is 3. The molecule has 6 nitrogen and oxygen atoms in total. The highest BCUT2D eigenvalue weighted by Crippen LogP contribution is 2.22. The Morgan fingerprint density at radius 1 is 1.00 bits per heavy atom. The predicted octanol–water partition coefficient (Wildman–Crippen LogP) is 4.72. The number of para-hydroxylation sites is 1. The molecule has 1 N–H and O–H groups in total. The Labute approximate surface area is 190 Å². The number of carbonyl (C=O) groups is 3. The Hall–Kier alpha value is -3.15. The van der Waals surface area contributed by atoms with Crippen molar-refractivity contribution in [1.82, 2.24) is 4.90 Å². The third kappa shape index (κ3) is 5.96. The van der Waals surface area contributed by atoms with E-state index in [4.69, 9.17) is 0 Å². The molecule has 1 fully saturated rings. The maximum atomic E-state index is 13.1. The van der Waals surface area contributed by atoms with E-state index < -0.39 is 0 Å². The second kappa shape index (κ2) is 11.5. The van der Waals surface area contributed by atoms with Crippen LogP contribution < -0.4 is 10.2 Å². The molecule has 0 aromatic heterocycles. The first-order chi connectivity index (χ1) is 15.5. The standard InChI is InChI=1S/C26H33N3O3/c1-3-5-16-28-19-21(18-24(28)30)25(31)27-22-14-12-20(13-15-22)26(32)29(17-6-4-2)23-10-8-7-9-11-23/h7-15,21H,3-6,16-19H2,1-2H3,(H,27,31)/t21-/m1/s1. The van der Waals surface area contributed by atoms with Crippen LogP contribution in [0.15, 0.2) is 54.6 Å². The van der Waals surface area contributed by atoms with Crippen LogP contribution in [0.1, 0.15) is 56.3 Å². The first-order valence-corrected chi connectivity index (χ1v) is 11.6. The molecule has 1 saturated heterocycles. The summed E-state index contributed by atoms with van der Waals surface area (Å²) in [6.45, 7) is 6.03. The lowest BCUT2D eigenvalue weighted by molar-refractivity contribution is -0.128. The molecule has 0 spiro atoms. The van der Waals surface area contributed by atoms with Crippen molar-refractivity contribution in [3.8, 4) is 0 Å². The van der Waals surface area contributed by atoms with Gasteiger partial charge < -0.3 is 15.1 Å². The van der Waals surface area contributed by atoms with Gasteiger partial charge in [0.1, 0.15) is 0 Å². The first kappa shape index (κ1) is 23.5. The monoisotopic (exact) mass is 435 g/mol. The zero-order valence-corrected chi connectivity index (χ0v) is 19.0. The van der Waals surface area contributed by atoms with Gasteiger partial charge in [-0.05, 0) is 49.2 Å². The molecule has 0 aliphatic carbocycles. The molecular formula is C26H33N3O3. The van der Waals surface area contributed by atoms with Crippen molar-refractivity contribution in [2.24, 2.45) is 5.92 Å². The van der Waals surface area contributed by atoms with Crippen LogP contribution in [0, 0.1) is 5.92 Å². The maximum absolute atomic E-state index is 13.1. The summed E-state index contributed by atoms with van der Waals surface area (Å²) in [5, 5.41) is 2.90. The number of unbranched alkanes of at least 4 members (excludes halogenated alkanes) is 2. The van der Waals surface area contributed by atoms with E-state index in [1.807, 2.05) is 30.3 Å². The van der Waals surface area contributed by atoms with Crippen molar-refractivity contribution in [2.45, 2.75) is 46.0 Å². The summed E-state index contributed by atoms with van der Waals surface area (Å²) >= 11 is 0. The average Bonchev–Trinajstić information content (AvgIpc) is 3.19. The summed E-state index contributed by atoms with van der Waals surface area (Å²) in [6, 6.07) is 16.7. The fraction of sp³-hybridized carbons (Fsp3) is 0.423. The summed E-state index contributed by atoms with van der Waals surface area (Å²) in [6.07, 6.45) is 4.15. The largest absolute Gasteiger partial charge is 0.342 e. The number of amides is 3. The van der Waals surface area contributed by atoms with E-state index in [9.17, 15) is 14.4 Å². The zero-order chi connectivity index (χ0) is 22.9. The molecule has 32 heavy (non-hydrogen) atoms. The summed E-state index contributed by atoms with van der Waals surface area (Å²) in [4.78, 5) is 41.5. The van der Waals surface area contributed by atoms with Crippen LogP contribution in [-0.4, -0.2) is 42.3 Å². The molecule has 2 aromatic carbocycles. The van der Waals surface area contributed by atoms with Crippen molar-refractivity contribution < 1.29 is 14.4 Å². The lowest BCUT2D eigenvalue weighted by atomic mass is 10.1. The van der Waals surface area contributed by atoms with Crippen LogP contribution in [0.3, 0.4) is 0 Å². The summed E-state index contributed by atoms with van der Waals surface area (Å²) in [7, 11) is 0. The van der Waals surface area contributed by atoms with E-state index in [1.54, 1.807) is 34.1 Å². The minimum atomic E-state index is -0.330. The van der Waals surface area contributed by atoms with Gasteiger partial charge in [-0.2, -0.15) is 0 Å². The fourth-order valence-electron chi connectivity index (χ4n) is 3.88. The molecule has 1 aliphatic rings. The number of nitrogens with zero attached hydrogens (tertiary/aromatic N) is 2. The Balaban J connectivity index is 1.63. The van der Waals surface area contributed by atoms with Gasteiger partial charge in [0.25, 0.3) is 5.91 Å². The van der Waals surface area contributed by atoms with E-state index in [2.05, 4.69) is 19.2 Å². The lowest BCUT2D eigenvalue weighted by Crippen LogP contribution is -2.32. The Morgan fingerprint density at radius 2 is 1.69 bits per heavy atom. The first-order valence-electron chi connectivity index (χ1n) is 11.6. The fourth-order valence-corrected chi connectivity index (χ4v) is 3.88. The maximum Gasteiger partial charge on any atom is 0.258 e. The minimum absolute atomic E-state index is 0.0487. The van der Waals surface area contributed by atoms with Gasteiger partial charge in [0, 0.05) is 43.0 Å². The molecule has 1 aliphatic heterocycles. The van der Waals surface area contributed by atoms with Gasteiger partial charge >= 0.3 is 0 Å². The van der Waals surface area contributed by atoms with Crippen molar-refractivity contribution in [3.05, 3.63) is 60.2 Å². The van der Waals surface area contributed by atoms with E-state index in [0.29, 0.717) is 30.9 Å². The zero-order valence-electron chi connectivity index (χ0n) is 19.0. The van der Waals surface area contributed by atoms with Crippen molar-refractivity contribution in [3.63, 3.8) is 0 Å². The number of likely N-dealkylation sites (tertiary alicyclic amines) is 1. The van der Waals surface area contributed by atoms with Crippen molar-refractivity contribution in [2.75, 3.05) is 29.9 Å². The van der Waals surface area contributed by atoms with Crippen LogP contribution >= 0.6 is 0 Å². The van der Waals surface area contributed by atoms with E-state index in [-0.39, 0.29) is 30.1 Å². The Bertz CT molecular complexity index is 912. The highest BCUT2D eigenvalue weighted by atomic mass is 16.2. The molecule has 3 rings (SSSR count). The number of anilines is 2. The minimum Gasteiger partial charge on any atom is -0.342 e. The quantitative estimate of drug-likeness (QED) is 0.587. The Kier molecular flexibility index (Phi) is 8.42. The molecular weight excluding hydrogens is 402 g/mol. The van der Waals surface area contributed by atoms with E-state index >= 15 is 0 Å². The third-order valence-corrected chi connectivity index (χ3v) is 5.81. The summed E-state index contributed by atoms with van der Waals surface area (Å²) < 4.78 is 0. The Morgan fingerprint density at radius 3 is 2.34 bits per heavy atom. The molecule has 0 bridgehead atoms. The van der Waals surface area contributed by atoms with Crippen molar-refractivity contribution in [1.29, 1.82) is 0 Å². The predicted molar refractivity (Wildman–Crippen MR) is 128 cm³/mol.